The number of rotatable bonds is 2. The lowest BCUT2D eigenvalue weighted by molar-refractivity contribution is 0.961. The summed E-state index contributed by atoms with van der Waals surface area (Å²) in [5, 5.41) is 0. The van der Waals surface area contributed by atoms with Crippen molar-refractivity contribution in [2.24, 2.45) is 0 Å². The van der Waals surface area contributed by atoms with Crippen molar-refractivity contribution in [2.75, 3.05) is 0 Å². The molecule has 0 aromatic heterocycles. The minimum Gasteiger partial charge on any atom is -0.103 e. The van der Waals surface area contributed by atoms with Crippen molar-refractivity contribution in [2.45, 2.75) is 19.6 Å². The zero-order chi connectivity index (χ0) is 10.9. The van der Waals surface area contributed by atoms with Crippen LogP contribution in [0.2, 0.25) is 0 Å². The van der Waals surface area contributed by atoms with E-state index in [-0.39, 0.29) is 0 Å². The topological polar surface area (TPSA) is 0 Å². The number of allylic oxidation sites excluding steroid dienone is 1. The molecule has 0 bridgehead atoms. The predicted octanol–water partition coefficient (Wildman–Crippen LogP) is 1.97. The highest BCUT2D eigenvalue weighted by molar-refractivity contribution is 4.63. The molecule has 5 heavy (non-hydrogen) atoms. The molecule has 0 nitrogen and oxygen atoms in total. The summed E-state index contributed by atoms with van der Waals surface area (Å²) < 4.78 is 55.0. The maximum absolute atomic E-state index is 7.11. The Hall–Kier alpha value is -0.260. The van der Waals surface area contributed by atoms with E-state index >= 15 is 0 Å². The second kappa shape index (κ2) is 3.74. The van der Waals surface area contributed by atoms with Crippen LogP contribution in [0.4, 0.5) is 0 Å². The van der Waals surface area contributed by atoms with Crippen LogP contribution in [0.25, 0.3) is 0 Å². The molecule has 0 fully saturated rings. The van der Waals surface area contributed by atoms with Crippen LogP contribution in [0.15, 0.2) is 12.6 Å². The minimum absolute atomic E-state index is 0.645. The van der Waals surface area contributed by atoms with Crippen LogP contribution in [0, 0.1) is 0 Å². The van der Waals surface area contributed by atoms with Gasteiger partial charge < -0.3 is 0 Å². The lowest BCUT2D eigenvalue weighted by atomic mass is 10.3. The van der Waals surface area contributed by atoms with E-state index in [9.17, 15) is 0 Å². The molecule has 0 aromatic rings. The molecule has 1 atom stereocenters. The highest BCUT2D eigenvalue weighted by atomic mass is 13.7. The third-order valence-electron chi connectivity index (χ3n) is 0.167. The summed E-state index contributed by atoms with van der Waals surface area (Å²) >= 11 is 0. The molecule has 0 saturated heterocycles. The van der Waals surface area contributed by atoms with Gasteiger partial charge in [0.2, 0.25) is 0 Å². The maximum Gasteiger partial charge on any atom is 0.0534 e. The van der Waals surface area contributed by atoms with E-state index in [4.69, 9.17) is 11.0 Å². The second-order valence-corrected chi connectivity index (χ2v) is 0.478. The molecule has 0 unspecified atom stereocenters. The molecule has 0 radical (unpaired) electrons. The van der Waals surface area contributed by atoms with E-state index in [0.717, 1.165) is 0 Å². The Labute approximate surface area is 44.7 Å². The summed E-state index contributed by atoms with van der Waals surface area (Å²) in [6.07, 6.45) is -3.79. The smallest absolute Gasteiger partial charge is 0.0534 e. The zero-order valence-corrected chi connectivity index (χ0v) is 2.65. The Morgan fingerprint density at radius 2 is 3.60 bits per heavy atom. The van der Waals surface area contributed by atoms with Crippen molar-refractivity contribution in [1.29, 1.82) is 0 Å². The van der Waals surface area contributed by atoms with E-state index < -0.39 is 26.2 Å². The molecule has 0 aliphatic heterocycles. The third kappa shape index (κ3) is 3.74. The van der Waals surface area contributed by atoms with E-state index in [1.165, 1.54) is 0 Å². The van der Waals surface area contributed by atoms with Gasteiger partial charge in [-0.15, -0.1) is 6.53 Å². The van der Waals surface area contributed by atoms with Gasteiger partial charge in [0.25, 0.3) is 0 Å². The number of hydrogen-bond donors (Lipinski definition) is 0. The Kier molecular flexibility index (Phi) is 0.360. The summed E-state index contributed by atoms with van der Waals surface area (Å²) in [6.45, 7) is -3.67. The van der Waals surface area contributed by atoms with Gasteiger partial charge in [0.05, 0.1) is 2.74 Å². The molecular weight excluding hydrogens is 60.1 g/mol. The van der Waals surface area contributed by atoms with Crippen LogP contribution in [0.3, 0.4) is 0 Å². The van der Waals surface area contributed by atoms with Gasteiger partial charge in [-0.3, -0.25) is 0 Å². The molecule has 0 aliphatic rings. The Morgan fingerprint density at radius 3 is 4.20 bits per heavy atom. The van der Waals surface area contributed by atoms with Crippen LogP contribution in [0.5, 0.6) is 0 Å². The van der Waals surface area contributed by atoms with Gasteiger partial charge in [-0.2, -0.15) is 0 Å². The number of hydrogen-bond acceptors (Lipinski definition) is 0. The lowest BCUT2D eigenvalue weighted by Crippen LogP contribution is -1.52. The van der Waals surface area contributed by atoms with Crippen LogP contribution >= 0.6 is 0 Å². The molecule has 30 valence electrons. The van der Waals surface area contributed by atoms with Crippen LogP contribution in [-0.2, 0) is 0 Å². The third-order valence-corrected chi connectivity index (χ3v) is 0.167. The summed E-state index contributed by atoms with van der Waals surface area (Å²) in [7, 11) is 0. The van der Waals surface area contributed by atoms with Gasteiger partial charge in [-0.1, -0.05) is 19.3 Å². The van der Waals surface area contributed by atoms with Crippen molar-refractivity contribution in [3.63, 3.8) is 0 Å². The largest absolute Gasteiger partial charge is 0.103 e. The van der Waals surface area contributed by atoms with Gasteiger partial charge in [-0.25, -0.2) is 0 Å². The van der Waals surface area contributed by atoms with Crippen LogP contribution in [0.1, 0.15) is 30.6 Å². The maximum atomic E-state index is 7.11. The van der Waals surface area contributed by atoms with Crippen molar-refractivity contribution >= 4 is 0 Å². The average Bonchev–Trinajstić information content (AvgIpc) is 1.82. The van der Waals surface area contributed by atoms with Gasteiger partial charge in [0, 0.05) is 8.22 Å². The normalized spacial score (nSPS) is 41.6. The first-order valence-corrected chi connectivity index (χ1v) is 1.16. The monoisotopic (exact) mass is 78.1 g/mol. The molecule has 0 saturated carbocycles. The van der Waals surface area contributed by atoms with E-state index in [1.54, 1.807) is 0 Å². The lowest BCUT2D eigenvalue weighted by Gasteiger charge is -1.72. The van der Waals surface area contributed by atoms with Gasteiger partial charge in [0.15, 0.2) is 0 Å². The van der Waals surface area contributed by atoms with Crippen LogP contribution in [-0.4, -0.2) is 0 Å². The minimum atomic E-state index is -2.91. The first-order chi connectivity index (χ1) is 5.59. The van der Waals surface area contributed by atoms with Crippen LogP contribution < -0.4 is 0 Å². The molecule has 0 rings (SSSR count). The van der Waals surface area contributed by atoms with E-state index in [0.29, 0.717) is 6.08 Å². The van der Waals surface area contributed by atoms with Gasteiger partial charge in [-0.05, 0) is 6.40 Å². The molecule has 0 aromatic carbocycles. The molecule has 0 N–H and O–H groups in total. The van der Waals surface area contributed by atoms with Crippen molar-refractivity contribution in [3.8, 4) is 0 Å². The van der Waals surface area contributed by atoms with Crippen molar-refractivity contribution in [3.05, 3.63) is 12.6 Å². The molecule has 0 heterocycles. The van der Waals surface area contributed by atoms with Crippen molar-refractivity contribution in [1.82, 2.24) is 0 Å². The Morgan fingerprint density at radius 1 is 2.60 bits per heavy atom. The predicted molar refractivity (Wildman–Crippen MR) is 25.1 cm³/mol. The second-order valence-electron chi connectivity index (χ2n) is 0.478. The molecular formula is C5H10. The summed E-state index contributed by atoms with van der Waals surface area (Å²) in [6, 6.07) is 0. The average molecular weight is 78.2 g/mol. The first kappa shape index (κ1) is 0.481. The van der Waals surface area contributed by atoms with Crippen molar-refractivity contribution < 1.29 is 11.0 Å². The quantitative estimate of drug-likeness (QED) is 0.443. The van der Waals surface area contributed by atoms with E-state index in [2.05, 4.69) is 0 Å². The van der Waals surface area contributed by atoms with E-state index in [1.807, 2.05) is 0 Å². The molecule has 0 spiro atoms. The van der Waals surface area contributed by atoms with Gasteiger partial charge in [0.1, 0.15) is 0 Å². The molecule has 0 aliphatic carbocycles. The summed E-state index contributed by atoms with van der Waals surface area (Å²) in [5.74, 6) is 0. The Balaban J connectivity index is 4.75. The highest BCUT2D eigenvalue weighted by Crippen LogP contribution is 1.82. The fourth-order valence-corrected chi connectivity index (χ4v) is 0.0417. The molecule has 0 amide bonds. The first-order valence-electron chi connectivity index (χ1n) is 5.24. The van der Waals surface area contributed by atoms with Gasteiger partial charge >= 0.3 is 0 Å². The molecule has 0 heteroatoms. The standard InChI is InChI=1S/C5H10/c1-3-5-4-2/h3H,1,4-5H2,2H3/i1D2,2D3,4D2,5D/t5-/m0/s1. The fourth-order valence-electron chi connectivity index (χ4n) is 0.0417. The SMILES string of the molecule is [2H]C([2H])=C[C@H]([2H])C([2H])([2H])C([2H])([2H])[2H]. The zero-order valence-electron chi connectivity index (χ0n) is 10.7. The summed E-state index contributed by atoms with van der Waals surface area (Å²) in [4.78, 5) is 0. The Bertz CT molecular complexity index is 197. The highest BCUT2D eigenvalue weighted by Gasteiger charge is 1.61. The summed E-state index contributed by atoms with van der Waals surface area (Å²) in [5.41, 5.74) is 0. The fraction of sp³-hybridized carbons (Fsp3) is 0.600.